The molecule has 0 aliphatic carbocycles. The average molecular weight is 105 g/mol. The van der Waals surface area contributed by atoms with Gasteiger partial charge >= 0.3 is 5.97 Å². The van der Waals surface area contributed by atoms with Crippen LogP contribution >= 0.6 is 11.9 Å². The highest BCUT2D eigenvalue weighted by molar-refractivity contribution is 7.98. The van der Waals surface area contributed by atoms with Crippen molar-refractivity contribution in [2.75, 3.05) is 5.75 Å². The van der Waals surface area contributed by atoms with Crippen LogP contribution in [0.25, 0.3) is 0 Å². The summed E-state index contributed by atoms with van der Waals surface area (Å²) in [5.41, 5.74) is 0. The van der Waals surface area contributed by atoms with Crippen molar-refractivity contribution in [3.05, 3.63) is 0 Å². The number of hydrogen-bond donors (Lipinski definition) is 1. The molecule has 6 heavy (non-hydrogen) atoms. The molecule has 0 aromatic rings. The Labute approximate surface area is 39.1 Å². The summed E-state index contributed by atoms with van der Waals surface area (Å²) >= 11 is 1.26. The number of carbonyl (C=O) groups excluding carboxylic acids is 1. The van der Waals surface area contributed by atoms with E-state index in [2.05, 4.69) is 9.72 Å². The number of carbonyl (C=O) groups is 1. The lowest BCUT2D eigenvalue weighted by Crippen LogP contribution is -1.99. The van der Waals surface area contributed by atoms with E-state index in [4.69, 9.17) is 0 Å². The molecule has 0 bridgehead atoms. The summed E-state index contributed by atoms with van der Waals surface area (Å²) in [7, 11) is 0. The molecule has 1 N–H and O–H groups in total. The van der Waals surface area contributed by atoms with Gasteiger partial charge in [0.05, 0.1) is 0 Å². The molecule has 0 saturated carbocycles. The van der Waals surface area contributed by atoms with Gasteiger partial charge in [0.15, 0.2) is 0 Å². The Morgan fingerprint density at radius 2 is 2.83 bits per heavy atom. The summed E-state index contributed by atoms with van der Waals surface area (Å²) in [5.74, 6) is 0.236. The second kappa shape index (κ2) is 1.49. The molecular formula is C2H3NO2S. The monoisotopic (exact) mass is 105 g/mol. The smallest absolute Gasteiger partial charge is 0.337 e. The van der Waals surface area contributed by atoms with Crippen LogP contribution in [0.4, 0.5) is 0 Å². The quantitative estimate of drug-likeness (QED) is 0.429. The van der Waals surface area contributed by atoms with Gasteiger partial charge < -0.3 is 4.84 Å². The first-order valence-corrected chi connectivity index (χ1v) is 2.44. The lowest BCUT2D eigenvalue weighted by molar-refractivity contribution is -0.141. The SMILES string of the molecule is O=C1CSNO1. The highest BCUT2D eigenvalue weighted by Gasteiger charge is 2.09. The maximum atomic E-state index is 9.94. The molecule has 0 spiro atoms. The zero-order valence-electron chi connectivity index (χ0n) is 2.93. The minimum Gasteiger partial charge on any atom is -0.359 e. The fraction of sp³-hybridized carbons (Fsp3) is 0.500. The molecule has 1 fully saturated rings. The predicted octanol–water partition coefficient (Wildman–Crippen LogP) is -0.304. The first-order valence-electron chi connectivity index (χ1n) is 1.46. The molecule has 1 aliphatic heterocycles. The predicted molar refractivity (Wildman–Crippen MR) is 21.7 cm³/mol. The fourth-order valence-electron chi connectivity index (χ4n) is 0.194. The third-order valence-electron chi connectivity index (χ3n) is 0.404. The van der Waals surface area contributed by atoms with Gasteiger partial charge in [-0.05, 0) is 11.9 Å². The van der Waals surface area contributed by atoms with E-state index in [9.17, 15) is 4.79 Å². The van der Waals surface area contributed by atoms with Gasteiger partial charge in [-0.2, -0.15) is 0 Å². The normalized spacial score (nSPS) is 21.0. The van der Waals surface area contributed by atoms with Gasteiger partial charge in [-0.25, -0.2) is 4.79 Å². The van der Waals surface area contributed by atoms with Gasteiger partial charge in [-0.15, -0.1) is 0 Å². The van der Waals surface area contributed by atoms with E-state index in [0.717, 1.165) is 0 Å². The zero-order valence-corrected chi connectivity index (χ0v) is 3.75. The van der Waals surface area contributed by atoms with E-state index >= 15 is 0 Å². The van der Waals surface area contributed by atoms with Gasteiger partial charge in [0.2, 0.25) is 0 Å². The van der Waals surface area contributed by atoms with Crippen molar-refractivity contribution in [3.8, 4) is 0 Å². The molecule has 0 amide bonds. The van der Waals surface area contributed by atoms with E-state index in [1.54, 1.807) is 0 Å². The lowest BCUT2D eigenvalue weighted by Gasteiger charge is -1.80. The van der Waals surface area contributed by atoms with Crippen LogP contribution in [0.15, 0.2) is 0 Å². The third kappa shape index (κ3) is 0.636. The van der Waals surface area contributed by atoms with Crippen LogP contribution in [0.3, 0.4) is 0 Å². The summed E-state index contributed by atoms with van der Waals surface area (Å²) < 4.78 is 0. The molecule has 0 aromatic heterocycles. The van der Waals surface area contributed by atoms with Crippen LogP contribution in [0, 0.1) is 0 Å². The molecule has 0 atom stereocenters. The zero-order chi connectivity index (χ0) is 4.41. The fourth-order valence-corrected chi connectivity index (χ4v) is 0.581. The van der Waals surface area contributed by atoms with Crippen molar-refractivity contribution in [1.82, 2.24) is 4.89 Å². The first kappa shape index (κ1) is 3.95. The molecule has 1 rings (SSSR count). The summed E-state index contributed by atoms with van der Waals surface area (Å²) in [6.45, 7) is 0. The summed E-state index contributed by atoms with van der Waals surface area (Å²) in [6, 6.07) is 0. The molecule has 1 heterocycles. The molecular weight excluding hydrogens is 102 g/mol. The molecule has 1 saturated heterocycles. The molecule has 1 aliphatic rings. The van der Waals surface area contributed by atoms with E-state index < -0.39 is 0 Å². The van der Waals surface area contributed by atoms with E-state index in [1.807, 2.05) is 0 Å². The minimum absolute atomic E-state index is 0.194. The molecule has 0 unspecified atom stereocenters. The van der Waals surface area contributed by atoms with E-state index in [1.165, 1.54) is 11.9 Å². The van der Waals surface area contributed by atoms with Crippen molar-refractivity contribution >= 4 is 17.9 Å². The Bertz CT molecular complexity index is 65.9. The highest BCUT2D eigenvalue weighted by Crippen LogP contribution is 2.00. The van der Waals surface area contributed by atoms with Crippen molar-refractivity contribution < 1.29 is 9.63 Å². The average Bonchev–Trinajstić information content (AvgIpc) is 1.86. The summed E-state index contributed by atoms with van der Waals surface area (Å²) in [5, 5.41) is 0. The topological polar surface area (TPSA) is 38.3 Å². The van der Waals surface area contributed by atoms with Crippen LogP contribution in [0.2, 0.25) is 0 Å². The number of nitrogens with one attached hydrogen (secondary N) is 1. The first-order chi connectivity index (χ1) is 2.89. The molecule has 34 valence electrons. The van der Waals surface area contributed by atoms with Crippen molar-refractivity contribution in [1.29, 1.82) is 0 Å². The standard InChI is InChI=1S/C2H3NO2S/c4-2-1-6-3-5-2/h3H,1H2. The van der Waals surface area contributed by atoms with Gasteiger partial charge in [0.1, 0.15) is 5.75 Å². The second-order valence-corrected chi connectivity index (χ2v) is 1.59. The molecule has 4 heteroatoms. The van der Waals surface area contributed by atoms with Gasteiger partial charge in [-0.1, -0.05) is 4.89 Å². The van der Waals surface area contributed by atoms with Crippen LogP contribution in [0.5, 0.6) is 0 Å². The summed E-state index contributed by atoms with van der Waals surface area (Å²) in [4.78, 5) is 16.5. The maximum absolute atomic E-state index is 9.94. The van der Waals surface area contributed by atoms with Gasteiger partial charge in [0.25, 0.3) is 0 Å². The van der Waals surface area contributed by atoms with Crippen LogP contribution in [-0.4, -0.2) is 11.7 Å². The van der Waals surface area contributed by atoms with Gasteiger partial charge in [-0.3, -0.25) is 0 Å². The van der Waals surface area contributed by atoms with Crippen LogP contribution in [-0.2, 0) is 9.63 Å². The summed E-state index contributed by atoms with van der Waals surface area (Å²) in [6.07, 6.45) is 0. The maximum Gasteiger partial charge on any atom is 0.337 e. The molecule has 0 radical (unpaired) electrons. The Morgan fingerprint density at radius 1 is 2.00 bits per heavy atom. The Hall–Kier alpha value is -0.220. The second-order valence-electron chi connectivity index (χ2n) is 0.846. The van der Waals surface area contributed by atoms with Crippen molar-refractivity contribution in [2.45, 2.75) is 0 Å². The van der Waals surface area contributed by atoms with Crippen LogP contribution < -0.4 is 4.89 Å². The third-order valence-corrected chi connectivity index (χ3v) is 0.986. The Kier molecular flexibility index (Phi) is 0.979. The van der Waals surface area contributed by atoms with Crippen LogP contribution in [0.1, 0.15) is 0 Å². The largest absolute Gasteiger partial charge is 0.359 e. The van der Waals surface area contributed by atoms with E-state index in [0.29, 0.717) is 5.75 Å². The molecule has 0 aromatic carbocycles. The highest BCUT2D eigenvalue weighted by atomic mass is 32.2. The minimum atomic E-state index is -0.194. The Balaban J connectivity index is 2.37. The molecule has 3 nitrogen and oxygen atoms in total. The van der Waals surface area contributed by atoms with Crippen molar-refractivity contribution in [2.24, 2.45) is 0 Å². The van der Waals surface area contributed by atoms with Gasteiger partial charge in [0, 0.05) is 0 Å². The van der Waals surface area contributed by atoms with E-state index in [-0.39, 0.29) is 5.97 Å². The Morgan fingerprint density at radius 3 is 3.00 bits per heavy atom. The lowest BCUT2D eigenvalue weighted by atomic mass is 10.8. The number of rotatable bonds is 0. The van der Waals surface area contributed by atoms with Crippen molar-refractivity contribution in [3.63, 3.8) is 0 Å². The number of hydrogen-bond acceptors (Lipinski definition) is 4.